The Morgan fingerprint density at radius 1 is 1.40 bits per heavy atom. The molecule has 1 aromatic heterocycles. The SMILES string of the molecule is COc1c(OC(F)(F)F)c(I)c[nH]c1=O. The van der Waals surface area contributed by atoms with Crippen molar-refractivity contribution < 1.29 is 22.6 Å². The molecular formula is C7H5F3INO3. The third-order valence-corrected chi connectivity index (χ3v) is 2.18. The fourth-order valence-electron chi connectivity index (χ4n) is 0.868. The Labute approximate surface area is 95.5 Å². The molecule has 84 valence electrons. The molecule has 0 bridgehead atoms. The zero-order valence-electron chi connectivity index (χ0n) is 7.31. The molecule has 0 fully saturated rings. The molecule has 1 heterocycles. The third kappa shape index (κ3) is 3.01. The maximum Gasteiger partial charge on any atom is 0.573 e. The van der Waals surface area contributed by atoms with Crippen molar-refractivity contribution in [1.29, 1.82) is 0 Å². The number of hydrogen-bond donors (Lipinski definition) is 1. The van der Waals surface area contributed by atoms with E-state index < -0.39 is 23.4 Å². The molecule has 0 aliphatic rings. The maximum atomic E-state index is 12.0. The number of aromatic nitrogens is 1. The molecule has 4 nitrogen and oxygen atoms in total. The monoisotopic (exact) mass is 335 g/mol. The van der Waals surface area contributed by atoms with Gasteiger partial charge in [0.05, 0.1) is 10.7 Å². The summed E-state index contributed by atoms with van der Waals surface area (Å²) in [6.45, 7) is 0. The lowest BCUT2D eigenvalue weighted by molar-refractivity contribution is -0.275. The van der Waals surface area contributed by atoms with Gasteiger partial charge < -0.3 is 14.5 Å². The lowest BCUT2D eigenvalue weighted by atomic mass is 10.4. The second-order valence-corrected chi connectivity index (χ2v) is 3.54. The summed E-state index contributed by atoms with van der Waals surface area (Å²) in [4.78, 5) is 13.3. The summed E-state index contributed by atoms with van der Waals surface area (Å²) in [6.07, 6.45) is -3.76. The summed E-state index contributed by atoms with van der Waals surface area (Å²) in [5.74, 6) is -1.13. The van der Waals surface area contributed by atoms with Gasteiger partial charge in [0.1, 0.15) is 0 Å². The minimum Gasteiger partial charge on any atom is -0.488 e. The minimum atomic E-state index is -4.86. The van der Waals surface area contributed by atoms with Gasteiger partial charge in [-0.2, -0.15) is 0 Å². The average molecular weight is 335 g/mol. The number of hydrogen-bond acceptors (Lipinski definition) is 3. The zero-order valence-corrected chi connectivity index (χ0v) is 9.47. The number of methoxy groups -OCH3 is 1. The van der Waals surface area contributed by atoms with Gasteiger partial charge in [-0.05, 0) is 22.6 Å². The number of aromatic amines is 1. The molecule has 0 radical (unpaired) electrons. The molecule has 0 saturated heterocycles. The zero-order chi connectivity index (χ0) is 11.6. The first kappa shape index (κ1) is 12.1. The van der Waals surface area contributed by atoms with Crippen LogP contribution in [-0.4, -0.2) is 18.5 Å². The van der Waals surface area contributed by atoms with E-state index in [1.54, 1.807) is 22.6 Å². The van der Waals surface area contributed by atoms with E-state index in [1.807, 2.05) is 0 Å². The van der Waals surface area contributed by atoms with Crippen LogP contribution in [-0.2, 0) is 0 Å². The van der Waals surface area contributed by atoms with Gasteiger partial charge in [0, 0.05) is 6.20 Å². The first-order valence-electron chi connectivity index (χ1n) is 3.56. The summed E-state index contributed by atoms with van der Waals surface area (Å²) in [5.41, 5.74) is -0.780. The topological polar surface area (TPSA) is 51.3 Å². The van der Waals surface area contributed by atoms with Crippen LogP contribution in [0.4, 0.5) is 13.2 Å². The Morgan fingerprint density at radius 2 is 2.00 bits per heavy atom. The van der Waals surface area contributed by atoms with Crippen LogP contribution in [0.1, 0.15) is 0 Å². The molecule has 0 amide bonds. The molecule has 0 saturated carbocycles. The highest BCUT2D eigenvalue weighted by Gasteiger charge is 2.34. The van der Waals surface area contributed by atoms with Crippen molar-refractivity contribution in [3.05, 3.63) is 20.1 Å². The first-order valence-corrected chi connectivity index (χ1v) is 4.64. The van der Waals surface area contributed by atoms with E-state index in [4.69, 9.17) is 0 Å². The van der Waals surface area contributed by atoms with Gasteiger partial charge in [0.15, 0.2) is 5.75 Å². The molecule has 1 aromatic rings. The van der Waals surface area contributed by atoms with E-state index in [2.05, 4.69) is 14.5 Å². The van der Waals surface area contributed by atoms with E-state index in [-0.39, 0.29) is 3.57 Å². The average Bonchev–Trinajstić information content (AvgIpc) is 2.10. The smallest absolute Gasteiger partial charge is 0.488 e. The predicted molar refractivity (Wildman–Crippen MR) is 53.0 cm³/mol. The van der Waals surface area contributed by atoms with Crippen LogP contribution in [0.2, 0.25) is 0 Å². The molecule has 1 rings (SSSR count). The molecular weight excluding hydrogens is 330 g/mol. The number of halogens is 4. The standard InChI is InChI=1S/C7H5F3INO3/c1-14-5-4(15-7(8,9)10)3(11)2-12-6(5)13/h2H,1H3,(H,12,13). The van der Waals surface area contributed by atoms with Crippen LogP contribution in [0.5, 0.6) is 11.5 Å². The Bertz CT molecular complexity index is 415. The van der Waals surface area contributed by atoms with Crippen molar-refractivity contribution >= 4 is 22.6 Å². The highest BCUT2D eigenvalue weighted by atomic mass is 127. The predicted octanol–water partition coefficient (Wildman–Crippen LogP) is 1.89. The number of nitrogens with one attached hydrogen (secondary N) is 1. The van der Waals surface area contributed by atoms with Crippen molar-refractivity contribution in [1.82, 2.24) is 4.98 Å². The van der Waals surface area contributed by atoms with E-state index in [0.29, 0.717) is 0 Å². The summed E-state index contributed by atoms with van der Waals surface area (Å²) in [5, 5.41) is 0. The molecule has 0 aromatic carbocycles. The number of alkyl halides is 3. The van der Waals surface area contributed by atoms with Gasteiger partial charge in [-0.15, -0.1) is 13.2 Å². The number of H-pyrrole nitrogens is 1. The van der Waals surface area contributed by atoms with Gasteiger partial charge in [0.25, 0.3) is 5.56 Å². The molecule has 0 spiro atoms. The van der Waals surface area contributed by atoms with Gasteiger partial charge in [-0.3, -0.25) is 4.79 Å². The third-order valence-electron chi connectivity index (χ3n) is 1.38. The highest BCUT2D eigenvalue weighted by Crippen LogP contribution is 2.32. The Balaban J connectivity index is 3.26. The Kier molecular flexibility index (Phi) is 3.47. The summed E-state index contributed by atoms with van der Waals surface area (Å²) in [7, 11) is 1.09. The van der Waals surface area contributed by atoms with Crippen molar-refractivity contribution in [2.24, 2.45) is 0 Å². The second kappa shape index (κ2) is 4.29. The lowest BCUT2D eigenvalue weighted by Gasteiger charge is -2.12. The van der Waals surface area contributed by atoms with Crippen molar-refractivity contribution in [3.8, 4) is 11.5 Å². The number of ether oxygens (including phenoxy) is 2. The fraction of sp³-hybridized carbons (Fsp3) is 0.286. The quantitative estimate of drug-likeness (QED) is 0.840. The van der Waals surface area contributed by atoms with Gasteiger partial charge in [0.2, 0.25) is 5.75 Å². The molecule has 0 atom stereocenters. The molecule has 0 aliphatic heterocycles. The normalized spacial score (nSPS) is 11.3. The molecule has 15 heavy (non-hydrogen) atoms. The van der Waals surface area contributed by atoms with E-state index in [0.717, 1.165) is 13.3 Å². The van der Waals surface area contributed by atoms with Crippen molar-refractivity contribution in [2.75, 3.05) is 7.11 Å². The highest BCUT2D eigenvalue weighted by molar-refractivity contribution is 14.1. The van der Waals surface area contributed by atoms with Crippen LogP contribution in [0.25, 0.3) is 0 Å². The largest absolute Gasteiger partial charge is 0.573 e. The molecule has 8 heteroatoms. The maximum absolute atomic E-state index is 12.0. The van der Waals surface area contributed by atoms with Crippen molar-refractivity contribution in [2.45, 2.75) is 6.36 Å². The van der Waals surface area contributed by atoms with Crippen LogP contribution < -0.4 is 15.0 Å². The Morgan fingerprint density at radius 3 is 2.47 bits per heavy atom. The van der Waals surface area contributed by atoms with E-state index >= 15 is 0 Å². The van der Waals surface area contributed by atoms with E-state index in [1.165, 1.54) is 0 Å². The van der Waals surface area contributed by atoms with Crippen LogP contribution in [0, 0.1) is 3.57 Å². The number of pyridine rings is 1. The molecule has 0 unspecified atom stereocenters. The van der Waals surface area contributed by atoms with E-state index in [9.17, 15) is 18.0 Å². The van der Waals surface area contributed by atoms with Crippen LogP contribution >= 0.6 is 22.6 Å². The van der Waals surface area contributed by atoms with Crippen LogP contribution in [0.15, 0.2) is 11.0 Å². The number of rotatable bonds is 2. The summed E-state index contributed by atoms with van der Waals surface area (Å²) < 4.78 is 44.2. The minimum absolute atomic E-state index is 0.0985. The lowest BCUT2D eigenvalue weighted by Crippen LogP contribution is -2.21. The van der Waals surface area contributed by atoms with Crippen molar-refractivity contribution in [3.63, 3.8) is 0 Å². The van der Waals surface area contributed by atoms with Gasteiger partial charge in [-0.25, -0.2) is 0 Å². The summed E-state index contributed by atoms with van der Waals surface area (Å²) in [6, 6.07) is 0. The fourth-order valence-corrected chi connectivity index (χ4v) is 1.38. The Hall–Kier alpha value is -0.930. The van der Waals surface area contributed by atoms with Gasteiger partial charge in [-0.1, -0.05) is 0 Å². The molecule has 1 N–H and O–H groups in total. The first-order chi connectivity index (χ1) is 6.85. The summed E-state index contributed by atoms with van der Waals surface area (Å²) >= 11 is 1.59. The molecule has 0 aliphatic carbocycles. The van der Waals surface area contributed by atoms with Crippen LogP contribution in [0.3, 0.4) is 0 Å². The second-order valence-electron chi connectivity index (χ2n) is 2.38. The van der Waals surface area contributed by atoms with Gasteiger partial charge >= 0.3 is 6.36 Å².